The van der Waals surface area contributed by atoms with Crippen molar-refractivity contribution in [3.05, 3.63) is 59.2 Å². The summed E-state index contributed by atoms with van der Waals surface area (Å²) in [5, 5.41) is 12.4. The minimum Gasteiger partial charge on any atom is -0.478 e. The fraction of sp³-hybridized carbons (Fsp3) is 0.188. The quantitative estimate of drug-likeness (QED) is 0.868. The van der Waals surface area contributed by atoms with Crippen molar-refractivity contribution in [3.8, 4) is 0 Å². The average Bonchev–Trinajstić information content (AvgIpc) is 2.41. The first-order valence-electron chi connectivity index (χ1n) is 6.31. The molecule has 0 saturated carbocycles. The Morgan fingerprint density at radius 1 is 1.11 bits per heavy atom. The number of nitrogens with one attached hydrogen (secondary N) is 1. The Hall–Kier alpha value is -2.29. The molecule has 0 fully saturated rings. The summed E-state index contributed by atoms with van der Waals surface area (Å²) in [6.45, 7) is 4.15. The molecule has 0 heterocycles. The van der Waals surface area contributed by atoms with Gasteiger partial charge in [0.1, 0.15) is 0 Å². The number of hydrogen-bond donors (Lipinski definition) is 2. The van der Waals surface area contributed by atoms with E-state index in [1.165, 1.54) is 5.56 Å². The van der Waals surface area contributed by atoms with E-state index in [2.05, 4.69) is 18.3 Å². The predicted octanol–water partition coefficient (Wildman–Crippen LogP) is 4.00. The van der Waals surface area contributed by atoms with Crippen LogP contribution >= 0.6 is 0 Å². The zero-order chi connectivity index (χ0) is 13.8. The Balaban J connectivity index is 2.39. The van der Waals surface area contributed by atoms with Gasteiger partial charge in [-0.1, -0.05) is 31.2 Å². The van der Waals surface area contributed by atoms with Gasteiger partial charge >= 0.3 is 5.97 Å². The van der Waals surface area contributed by atoms with Crippen LogP contribution in [0.3, 0.4) is 0 Å². The Morgan fingerprint density at radius 3 is 2.47 bits per heavy atom. The number of anilines is 2. The lowest BCUT2D eigenvalue weighted by Gasteiger charge is -2.14. The van der Waals surface area contributed by atoms with Crippen LogP contribution in [0.5, 0.6) is 0 Å². The molecule has 0 bridgehead atoms. The maximum atomic E-state index is 11.2. The van der Waals surface area contributed by atoms with Gasteiger partial charge in [-0.15, -0.1) is 0 Å². The van der Waals surface area contributed by atoms with Crippen LogP contribution in [0.15, 0.2) is 42.5 Å². The van der Waals surface area contributed by atoms with E-state index in [1.807, 2.05) is 25.1 Å². The van der Waals surface area contributed by atoms with Crippen molar-refractivity contribution in [1.29, 1.82) is 0 Å². The molecule has 0 aliphatic heterocycles. The van der Waals surface area contributed by atoms with Crippen LogP contribution in [0.25, 0.3) is 0 Å². The lowest BCUT2D eigenvalue weighted by Crippen LogP contribution is -2.03. The molecular weight excluding hydrogens is 238 g/mol. The molecule has 0 saturated heterocycles. The fourth-order valence-corrected chi connectivity index (χ4v) is 2.13. The van der Waals surface area contributed by atoms with Crippen LogP contribution in [0.2, 0.25) is 0 Å². The number of carboxylic acids is 1. The van der Waals surface area contributed by atoms with Crippen LogP contribution in [-0.2, 0) is 6.42 Å². The Morgan fingerprint density at radius 2 is 1.79 bits per heavy atom. The molecule has 98 valence electrons. The molecule has 2 aromatic rings. The van der Waals surface area contributed by atoms with Crippen LogP contribution in [0, 0.1) is 6.92 Å². The first-order valence-corrected chi connectivity index (χ1v) is 6.31. The summed E-state index contributed by atoms with van der Waals surface area (Å²) < 4.78 is 0. The standard InChI is InChI=1S/C16H17NO2/c1-3-12-7-6-10-14(11(12)2)17-15-9-5-4-8-13(15)16(18)19/h4-10,17H,3H2,1-2H3,(H,18,19). The molecule has 0 atom stereocenters. The second kappa shape index (κ2) is 5.57. The third-order valence-corrected chi connectivity index (χ3v) is 3.25. The highest BCUT2D eigenvalue weighted by atomic mass is 16.4. The van der Waals surface area contributed by atoms with E-state index in [9.17, 15) is 9.90 Å². The summed E-state index contributed by atoms with van der Waals surface area (Å²) in [5.41, 5.74) is 4.27. The van der Waals surface area contributed by atoms with Crippen molar-refractivity contribution in [2.75, 3.05) is 5.32 Å². The lowest BCUT2D eigenvalue weighted by molar-refractivity contribution is 0.0698. The molecule has 19 heavy (non-hydrogen) atoms. The Bertz CT molecular complexity index is 605. The maximum absolute atomic E-state index is 11.2. The molecular formula is C16H17NO2. The van der Waals surface area contributed by atoms with Crippen molar-refractivity contribution in [2.45, 2.75) is 20.3 Å². The monoisotopic (exact) mass is 255 g/mol. The predicted molar refractivity (Wildman–Crippen MR) is 77.2 cm³/mol. The fourth-order valence-electron chi connectivity index (χ4n) is 2.13. The molecule has 0 amide bonds. The summed E-state index contributed by atoms with van der Waals surface area (Å²) >= 11 is 0. The molecule has 2 rings (SSSR count). The largest absolute Gasteiger partial charge is 0.478 e. The topological polar surface area (TPSA) is 49.3 Å². The summed E-state index contributed by atoms with van der Waals surface area (Å²) in [6, 6.07) is 13.0. The molecule has 0 aromatic heterocycles. The van der Waals surface area contributed by atoms with E-state index >= 15 is 0 Å². The molecule has 0 radical (unpaired) electrons. The van der Waals surface area contributed by atoms with Crippen LogP contribution in [0.1, 0.15) is 28.4 Å². The minimum absolute atomic E-state index is 0.281. The highest BCUT2D eigenvalue weighted by Crippen LogP contribution is 2.25. The highest BCUT2D eigenvalue weighted by Gasteiger charge is 2.10. The third-order valence-electron chi connectivity index (χ3n) is 3.25. The molecule has 0 aliphatic carbocycles. The van der Waals surface area contributed by atoms with Gasteiger partial charge in [0.05, 0.1) is 11.3 Å². The number of rotatable bonds is 4. The summed E-state index contributed by atoms with van der Waals surface area (Å²) in [7, 11) is 0. The molecule has 0 spiro atoms. The van der Waals surface area contributed by atoms with Crippen LogP contribution < -0.4 is 5.32 Å². The number of aryl methyl sites for hydroxylation is 1. The van der Waals surface area contributed by atoms with Gasteiger partial charge in [0, 0.05) is 5.69 Å². The third kappa shape index (κ3) is 2.76. The number of carbonyl (C=O) groups is 1. The van der Waals surface area contributed by atoms with Crippen LogP contribution in [0.4, 0.5) is 11.4 Å². The highest BCUT2D eigenvalue weighted by molar-refractivity contribution is 5.95. The van der Waals surface area contributed by atoms with E-state index in [0.29, 0.717) is 5.69 Å². The lowest BCUT2D eigenvalue weighted by atomic mass is 10.0. The zero-order valence-electron chi connectivity index (χ0n) is 11.1. The Labute approximate surface area is 112 Å². The number of carboxylic acid groups (broad SMARTS) is 1. The molecule has 0 unspecified atom stereocenters. The summed E-state index contributed by atoms with van der Waals surface area (Å²) in [4.78, 5) is 11.2. The molecule has 3 nitrogen and oxygen atoms in total. The van der Waals surface area contributed by atoms with Crippen molar-refractivity contribution in [1.82, 2.24) is 0 Å². The van der Waals surface area contributed by atoms with Gasteiger partial charge in [0.2, 0.25) is 0 Å². The van der Waals surface area contributed by atoms with E-state index in [-0.39, 0.29) is 5.56 Å². The molecule has 2 aromatic carbocycles. The summed E-state index contributed by atoms with van der Waals surface area (Å²) in [5.74, 6) is -0.924. The average molecular weight is 255 g/mol. The van der Waals surface area contributed by atoms with Crippen molar-refractivity contribution in [3.63, 3.8) is 0 Å². The van der Waals surface area contributed by atoms with E-state index in [0.717, 1.165) is 17.7 Å². The number of hydrogen-bond acceptors (Lipinski definition) is 2. The van der Waals surface area contributed by atoms with Crippen molar-refractivity contribution < 1.29 is 9.90 Å². The number of benzene rings is 2. The van der Waals surface area contributed by atoms with Gasteiger partial charge in [-0.2, -0.15) is 0 Å². The second-order valence-corrected chi connectivity index (χ2v) is 4.42. The first kappa shape index (κ1) is 13.1. The Kier molecular flexibility index (Phi) is 3.85. The number of aromatic carboxylic acids is 1. The van der Waals surface area contributed by atoms with Crippen molar-refractivity contribution in [2.24, 2.45) is 0 Å². The normalized spacial score (nSPS) is 10.2. The van der Waals surface area contributed by atoms with Crippen molar-refractivity contribution >= 4 is 17.3 Å². The van der Waals surface area contributed by atoms with Gasteiger partial charge in [0.15, 0.2) is 0 Å². The van der Waals surface area contributed by atoms with E-state index in [1.54, 1.807) is 18.2 Å². The van der Waals surface area contributed by atoms with Crippen LogP contribution in [-0.4, -0.2) is 11.1 Å². The molecule has 2 N–H and O–H groups in total. The minimum atomic E-state index is -0.924. The van der Waals surface area contributed by atoms with Gasteiger partial charge in [0.25, 0.3) is 0 Å². The van der Waals surface area contributed by atoms with Gasteiger partial charge < -0.3 is 10.4 Å². The van der Waals surface area contributed by atoms with E-state index < -0.39 is 5.97 Å². The molecule has 3 heteroatoms. The first-order chi connectivity index (χ1) is 9.13. The SMILES string of the molecule is CCc1cccc(Nc2ccccc2C(=O)O)c1C. The van der Waals surface area contributed by atoms with E-state index in [4.69, 9.17) is 0 Å². The van der Waals surface area contributed by atoms with Gasteiger partial charge in [-0.05, 0) is 42.7 Å². The number of para-hydroxylation sites is 1. The second-order valence-electron chi connectivity index (χ2n) is 4.42. The zero-order valence-corrected chi connectivity index (χ0v) is 11.1. The molecule has 0 aliphatic rings. The maximum Gasteiger partial charge on any atom is 0.337 e. The van der Waals surface area contributed by atoms with Gasteiger partial charge in [-0.3, -0.25) is 0 Å². The smallest absolute Gasteiger partial charge is 0.337 e. The van der Waals surface area contributed by atoms with Gasteiger partial charge in [-0.25, -0.2) is 4.79 Å². The summed E-state index contributed by atoms with van der Waals surface area (Å²) in [6.07, 6.45) is 0.960.